The van der Waals surface area contributed by atoms with Crippen LogP contribution in [0.2, 0.25) is 5.02 Å². The number of benzene rings is 1. The highest BCUT2D eigenvalue weighted by molar-refractivity contribution is 7.80. The van der Waals surface area contributed by atoms with Crippen molar-refractivity contribution >= 4 is 34.7 Å². The number of hydrogen-bond donors (Lipinski definition) is 1. The molecule has 1 amide bonds. The van der Waals surface area contributed by atoms with Crippen LogP contribution >= 0.6 is 23.8 Å². The van der Waals surface area contributed by atoms with Crippen LogP contribution in [0.15, 0.2) is 18.2 Å². The molecule has 0 radical (unpaired) electrons. The summed E-state index contributed by atoms with van der Waals surface area (Å²) in [4.78, 5) is 14.1. The highest BCUT2D eigenvalue weighted by atomic mass is 35.5. The molecule has 0 aromatic heterocycles. The molecule has 2 N–H and O–H groups in total. The van der Waals surface area contributed by atoms with E-state index in [-0.39, 0.29) is 10.9 Å². The SMILES string of the molecule is CCN(CC)C(=O)C(C)Oc1ccc(C(N)=S)cc1Cl. The molecule has 20 heavy (non-hydrogen) atoms. The van der Waals surface area contributed by atoms with E-state index in [9.17, 15) is 4.79 Å². The lowest BCUT2D eigenvalue weighted by Crippen LogP contribution is -2.40. The number of halogens is 1. The second kappa shape index (κ2) is 7.45. The fourth-order valence-electron chi connectivity index (χ4n) is 1.78. The Kier molecular flexibility index (Phi) is 6.23. The number of likely N-dealkylation sites (N-methyl/N-ethyl adjacent to an activating group) is 1. The number of nitrogens with two attached hydrogens (primary N) is 1. The van der Waals surface area contributed by atoms with Gasteiger partial charge in [0.25, 0.3) is 5.91 Å². The number of hydrogen-bond acceptors (Lipinski definition) is 3. The minimum Gasteiger partial charge on any atom is -0.479 e. The van der Waals surface area contributed by atoms with Crippen LogP contribution in [0.4, 0.5) is 0 Å². The van der Waals surface area contributed by atoms with E-state index in [4.69, 9.17) is 34.3 Å². The molecule has 0 heterocycles. The summed E-state index contributed by atoms with van der Waals surface area (Å²) in [6, 6.07) is 5.02. The molecule has 0 saturated carbocycles. The molecule has 0 aliphatic heterocycles. The summed E-state index contributed by atoms with van der Waals surface area (Å²) in [5, 5.41) is 0.384. The van der Waals surface area contributed by atoms with Gasteiger partial charge in [0.1, 0.15) is 10.7 Å². The highest BCUT2D eigenvalue weighted by Crippen LogP contribution is 2.26. The van der Waals surface area contributed by atoms with Gasteiger partial charge in [-0.2, -0.15) is 0 Å². The Morgan fingerprint density at radius 3 is 2.50 bits per heavy atom. The van der Waals surface area contributed by atoms with Crippen LogP contribution in [-0.4, -0.2) is 35.0 Å². The van der Waals surface area contributed by atoms with E-state index in [1.165, 1.54) is 0 Å². The molecule has 1 unspecified atom stereocenters. The molecule has 0 aliphatic rings. The maximum Gasteiger partial charge on any atom is 0.263 e. The lowest BCUT2D eigenvalue weighted by Gasteiger charge is -2.23. The highest BCUT2D eigenvalue weighted by Gasteiger charge is 2.20. The predicted molar refractivity (Wildman–Crippen MR) is 85.4 cm³/mol. The summed E-state index contributed by atoms with van der Waals surface area (Å²) < 4.78 is 5.62. The van der Waals surface area contributed by atoms with Crippen molar-refractivity contribution in [3.8, 4) is 5.75 Å². The molecule has 4 nitrogen and oxygen atoms in total. The Bertz CT molecular complexity index is 504. The van der Waals surface area contributed by atoms with Crippen molar-refractivity contribution in [1.82, 2.24) is 4.90 Å². The number of nitrogens with zero attached hydrogens (tertiary/aromatic N) is 1. The fraction of sp³-hybridized carbons (Fsp3) is 0.429. The zero-order valence-electron chi connectivity index (χ0n) is 11.9. The van der Waals surface area contributed by atoms with Gasteiger partial charge >= 0.3 is 0 Å². The Hall–Kier alpha value is -1.33. The van der Waals surface area contributed by atoms with Crippen molar-refractivity contribution in [1.29, 1.82) is 0 Å². The summed E-state index contributed by atoms with van der Waals surface area (Å²) in [5.41, 5.74) is 6.20. The number of ether oxygens (including phenoxy) is 1. The molecule has 0 bridgehead atoms. The van der Waals surface area contributed by atoms with Crippen LogP contribution < -0.4 is 10.5 Å². The van der Waals surface area contributed by atoms with Gasteiger partial charge in [0.05, 0.1) is 5.02 Å². The van der Waals surface area contributed by atoms with E-state index >= 15 is 0 Å². The predicted octanol–water partition coefficient (Wildman–Crippen LogP) is 2.61. The van der Waals surface area contributed by atoms with Crippen LogP contribution in [-0.2, 0) is 4.79 Å². The van der Waals surface area contributed by atoms with E-state index in [1.807, 2.05) is 13.8 Å². The molecule has 0 saturated heterocycles. The maximum atomic E-state index is 12.1. The van der Waals surface area contributed by atoms with Gasteiger partial charge in [-0.3, -0.25) is 4.79 Å². The Morgan fingerprint density at radius 2 is 2.05 bits per heavy atom. The van der Waals surface area contributed by atoms with Gasteiger partial charge in [0.15, 0.2) is 6.10 Å². The summed E-state index contributed by atoms with van der Waals surface area (Å²) in [7, 11) is 0. The van der Waals surface area contributed by atoms with E-state index < -0.39 is 6.10 Å². The number of thiocarbonyl (C=S) groups is 1. The largest absolute Gasteiger partial charge is 0.479 e. The quantitative estimate of drug-likeness (QED) is 0.820. The van der Waals surface area contributed by atoms with Crippen molar-refractivity contribution in [3.05, 3.63) is 28.8 Å². The third-order valence-corrected chi connectivity index (χ3v) is 3.47. The van der Waals surface area contributed by atoms with E-state index in [0.717, 1.165) is 0 Å². The molecule has 1 rings (SSSR count). The van der Waals surface area contributed by atoms with Gasteiger partial charge in [-0.05, 0) is 39.0 Å². The van der Waals surface area contributed by atoms with Gasteiger partial charge in [0, 0.05) is 18.7 Å². The van der Waals surface area contributed by atoms with Gasteiger partial charge < -0.3 is 15.4 Å². The van der Waals surface area contributed by atoms with E-state index in [0.29, 0.717) is 29.4 Å². The molecule has 1 aromatic carbocycles. The summed E-state index contributed by atoms with van der Waals surface area (Å²) in [5.74, 6) is 0.379. The average molecular weight is 315 g/mol. The molecule has 0 aliphatic carbocycles. The van der Waals surface area contributed by atoms with Crippen LogP contribution in [0.3, 0.4) is 0 Å². The molecular weight excluding hydrogens is 296 g/mol. The van der Waals surface area contributed by atoms with Crippen LogP contribution in [0.1, 0.15) is 26.3 Å². The number of carbonyl (C=O) groups excluding carboxylic acids is 1. The molecule has 110 valence electrons. The van der Waals surface area contributed by atoms with Crippen molar-refractivity contribution in [2.45, 2.75) is 26.9 Å². The number of carbonyl (C=O) groups is 1. The lowest BCUT2D eigenvalue weighted by atomic mass is 10.2. The molecule has 0 spiro atoms. The Labute approximate surface area is 129 Å². The standard InChI is InChI=1S/C14H19ClN2O2S/c1-4-17(5-2)14(18)9(3)19-12-7-6-10(13(16)20)8-11(12)15/h6-9H,4-5H2,1-3H3,(H2,16,20). The first-order valence-electron chi connectivity index (χ1n) is 6.45. The first-order chi connectivity index (χ1) is 9.40. The zero-order chi connectivity index (χ0) is 15.3. The van der Waals surface area contributed by atoms with Crippen molar-refractivity contribution in [2.75, 3.05) is 13.1 Å². The molecule has 0 fully saturated rings. The molecular formula is C14H19ClN2O2S. The monoisotopic (exact) mass is 314 g/mol. The maximum absolute atomic E-state index is 12.1. The molecule has 6 heteroatoms. The van der Waals surface area contributed by atoms with Crippen LogP contribution in [0, 0.1) is 0 Å². The number of rotatable bonds is 6. The van der Waals surface area contributed by atoms with Gasteiger partial charge in [0.2, 0.25) is 0 Å². The molecule has 1 atom stereocenters. The van der Waals surface area contributed by atoms with Gasteiger partial charge in [-0.1, -0.05) is 23.8 Å². The number of amides is 1. The normalized spacial score (nSPS) is 11.8. The first kappa shape index (κ1) is 16.7. The first-order valence-corrected chi connectivity index (χ1v) is 7.24. The Morgan fingerprint density at radius 1 is 1.45 bits per heavy atom. The average Bonchev–Trinajstić information content (AvgIpc) is 2.41. The Balaban J connectivity index is 2.83. The van der Waals surface area contributed by atoms with Crippen LogP contribution in [0.5, 0.6) is 5.75 Å². The lowest BCUT2D eigenvalue weighted by molar-refractivity contribution is -0.137. The topological polar surface area (TPSA) is 55.6 Å². The second-order valence-electron chi connectivity index (χ2n) is 4.28. The minimum atomic E-state index is -0.594. The zero-order valence-corrected chi connectivity index (χ0v) is 13.4. The molecule has 1 aromatic rings. The van der Waals surface area contributed by atoms with Crippen molar-refractivity contribution < 1.29 is 9.53 Å². The van der Waals surface area contributed by atoms with Gasteiger partial charge in [-0.25, -0.2) is 0 Å². The van der Waals surface area contributed by atoms with Gasteiger partial charge in [-0.15, -0.1) is 0 Å². The van der Waals surface area contributed by atoms with E-state index in [1.54, 1.807) is 30.0 Å². The fourth-order valence-corrected chi connectivity index (χ4v) is 2.13. The summed E-state index contributed by atoms with van der Waals surface area (Å²) >= 11 is 11.0. The third-order valence-electron chi connectivity index (χ3n) is 2.94. The van der Waals surface area contributed by atoms with Crippen molar-refractivity contribution in [2.24, 2.45) is 5.73 Å². The van der Waals surface area contributed by atoms with Crippen LogP contribution in [0.25, 0.3) is 0 Å². The second-order valence-corrected chi connectivity index (χ2v) is 5.13. The third kappa shape index (κ3) is 4.08. The summed E-state index contributed by atoms with van der Waals surface area (Å²) in [6.45, 7) is 6.86. The van der Waals surface area contributed by atoms with Crippen molar-refractivity contribution in [3.63, 3.8) is 0 Å². The minimum absolute atomic E-state index is 0.0653. The smallest absolute Gasteiger partial charge is 0.263 e. The van der Waals surface area contributed by atoms with E-state index in [2.05, 4.69) is 0 Å². The summed E-state index contributed by atoms with van der Waals surface area (Å²) in [6.07, 6.45) is -0.594.